The Morgan fingerprint density at radius 3 is 2.92 bits per heavy atom. The molecule has 1 aromatic heterocycles. The number of halogens is 1. The fourth-order valence-electron chi connectivity index (χ4n) is 1.45. The monoisotopic (exact) mass is 180 g/mol. The normalized spacial score (nSPS) is 16.7. The molecule has 2 nitrogen and oxygen atoms in total. The van der Waals surface area contributed by atoms with E-state index in [1.165, 1.54) is 25.3 Å². The van der Waals surface area contributed by atoms with Gasteiger partial charge < -0.3 is 5.32 Å². The van der Waals surface area contributed by atoms with Gasteiger partial charge in [0.1, 0.15) is 5.82 Å². The van der Waals surface area contributed by atoms with Gasteiger partial charge in [-0.25, -0.2) is 4.98 Å². The van der Waals surface area contributed by atoms with Crippen LogP contribution in [-0.4, -0.2) is 11.5 Å². The third kappa shape index (κ3) is 2.17. The molecule has 2 rings (SSSR count). The molecule has 1 N–H and O–H groups in total. The van der Waals surface area contributed by atoms with Gasteiger partial charge in [-0.15, -0.1) is 0 Å². The smallest absolute Gasteiger partial charge is 0.214 e. The topological polar surface area (TPSA) is 24.9 Å². The van der Waals surface area contributed by atoms with Gasteiger partial charge in [0, 0.05) is 6.54 Å². The second-order valence-corrected chi connectivity index (χ2v) is 3.52. The number of hydrogen-bond donors (Lipinski definition) is 1. The second-order valence-electron chi connectivity index (χ2n) is 3.52. The summed E-state index contributed by atoms with van der Waals surface area (Å²) in [7, 11) is 0. The van der Waals surface area contributed by atoms with Gasteiger partial charge in [0.05, 0.1) is 0 Å². The van der Waals surface area contributed by atoms with Gasteiger partial charge in [-0.05, 0) is 30.9 Å². The number of pyridine rings is 1. The van der Waals surface area contributed by atoms with E-state index in [4.69, 9.17) is 0 Å². The molecule has 1 aliphatic rings. The minimum Gasteiger partial charge on any atom is -0.370 e. The van der Waals surface area contributed by atoms with Crippen LogP contribution in [0.1, 0.15) is 19.3 Å². The van der Waals surface area contributed by atoms with Crippen molar-refractivity contribution in [3.63, 3.8) is 0 Å². The molecule has 13 heavy (non-hydrogen) atoms. The molecular weight excluding hydrogens is 167 g/mol. The van der Waals surface area contributed by atoms with E-state index in [2.05, 4.69) is 10.3 Å². The van der Waals surface area contributed by atoms with E-state index >= 15 is 0 Å². The predicted molar refractivity (Wildman–Crippen MR) is 50.0 cm³/mol. The highest BCUT2D eigenvalue weighted by Gasteiger charge is 2.16. The molecule has 0 amide bonds. The third-order valence-electron chi connectivity index (χ3n) is 2.51. The van der Waals surface area contributed by atoms with Crippen LogP contribution in [0, 0.1) is 11.9 Å². The third-order valence-corrected chi connectivity index (χ3v) is 2.51. The molecule has 0 aliphatic heterocycles. The Morgan fingerprint density at radius 2 is 2.31 bits per heavy atom. The van der Waals surface area contributed by atoms with E-state index in [0.29, 0.717) is 5.82 Å². The molecule has 70 valence electrons. The number of nitrogens with one attached hydrogen (secondary N) is 1. The summed E-state index contributed by atoms with van der Waals surface area (Å²) in [6.07, 6.45) is 3.92. The summed E-state index contributed by atoms with van der Waals surface area (Å²) in [4.78, 5) is 3.73. The van der Waals surface area contributed by atoms with E-state index < -0.39 is 5.95 Å². The highest BCUT2D eigenvalue weighted by atomic mass is 19.1. The summed E-state index contributed by atoms with van der Waals surface area (Å²) in [5.74, 6) is 0.996. The van der Waals surface area contributed by atoms with Crippen LogP contribution in [0.4, 0.5) is 10.2 Å². The van der Waals surface area contributed by atoms with Crippen molar-refractivity contribution in [1.82, 2.24) is 4.98 Å². The Hall–Kier alpha value is -1.12. The van der Waals surface area contributed by atoms with Crippen LogP contribution in [0.3, 0.4) is 0 Å². The summed E-state index contributed by atoms with van der Waals surface area (Å²) in [6, 6.07) is 4.82. The number of rotatable bonds is 3. The van der Waals surface area contributed by atoms with Crippen LogP contribution in [0.15, 0.2) is 18.2 Å². The van der Waals surface area contributed by atoms with E-state index in [0.717, 1.165) is 12.5 Å². The van der Waals surface area contributed by atoms with Gasteiger partial charge >= 0.3 is 0 Å². The SMILES string of the molecule is Fc1cccc(NCC2CCC2)n1. The van der Waals surface area contributed by atoms with Crippen LogP contribution in [0.25, 0.3) is 0 Å². The lowest BCUT2D eigenvalue weighted by Crippen LogP contribution is -2.21. The predicted octanol–water partition coefficient (Wildman–Crippen LogP) is 2.43. The van der Waals surface area contributed by atoms with Gasteiger partial charge in [0.25, 0.3) is 0 Å². The fraction of sp³-hybridized carbons (Fsp3) is 0.500. The highest BCUT2D eigenvalue weighted by molar-refractivity contribution is 5.33. The Balaban J connectivity index is 1.86. The number of nitrogens with zero attached hydrogens (tertiary/aromatic N) is 1. The van der Waals surface area contributed by atoms with Gasteiger partial charge in [-0.1, -0.05) is 12.5 Å². The minimum absolute atomic E-state index is 0.418. The maximum atomic E-state index is 12.6. The molecule has 0 atom stereocenters. The first-order chi connectivity index (χ1) is 6.34. The molecule has 0 saturated heterocycles. The second kappa shape index (κ2) is 3.73. The Bertz CT molecular complexity index is 284. The van der Waals surface area contributed by atoms with E-state index in [1.54, 1.807) is 12.1 Å². The standard InChI is InChI=1S/C10H13FN2/c11-9-5-2-6-10(13-9)12-7-8-3-1-4-8/h2,5-6,8H,1,3-4,7H2,(H,12,13). The molecule has 0 aromatic carbocycles. The number of anilines is 1. The molecular formula is C10H13FN2. The molecule has 1 fully saturated rings. The zero-order valence-corrected chi connectivity index (χ0v) is 7.46. The lowest BCUT2D eigenvalue weighted by molar-refractivity contribution is 0.333. The van der Waals surface area contributed by atoms with Crippen LogP contribution in [0.2, 0.25) is 0 Å². The molecule has 1 aromatic rings. The van der Waals surface area contributed by atoms with E-state index in [1.807, 2.05) is 0 Å². The van der Waals surface area contributed by atoms with Gasteiger partial charge in [0.15, 0.2) is 0 Å². The van der Waals surface area contributed by atoms with Crippen LogP contribution in [-0.2, 0) is 0 Å². The quantitative estimate of drug-likeness (QED) is 0.722. The van der Waals surface area contributed by atoms with Crippen LogP contribution >= 0.6 is 0 Å². The summed E-state index contributed by atoms with van der Waals surface area (Å²) in [5.41, 5.74) is 0. The van der Waals surface area contributed by atoms with Crippen LogP contribution in [0.5, 0.6) is 0 Å². The first-order valence-electron chi connectivity index (χ1n) is 4.71. The van der Waals surface area contributed by atoms with E-state index in [9.17, 15) is 4.39 Å². The van der Waals surface area contributed by atoms with E-state index in [-0.39, 0.29) is 0 Å². The summed E-state index contributed by atoms with van der Waals surface area (Å²) >= 11 is 0. The molecule has 3 heteroatoms. The summed E-state index contributed by atoms with van der Waals surface area (Å²) in [5, 5.41) is 3.14. The first kappa shape index (κ1) is 8.48. The van der Waals surface area contributed by atoms with Gasteiger partial charge in [0.2, 0.25) is 5.95 Å². The van der Waals surface area contributed by atoms with Crippen molar-refractivity contribution in [2.24, 2.45) is 5.92 Å². The largest absolute Gasteiger partial charge is 0.370 e. The Labute approximate surface area is 77.2 Å². The zero-order valence-electron chi connectivity index (χ0n) is 7.46. The van der Waals surface area contributed by atoms with Crippen molar-refractivity contribution in [2.45, 2.75) is 19.3 Å². The maximum Gasteiger partial charge on any atom is 0.214 e. The van der Waals surface area contributed by atoms with Crippen molar-refractivity contribution in [3.8, 4) is 0 Å². The average molecular weight is 180 g/mol. The molecule has 1 aliphatic carbocycles. The number of aromatic nitrogens is 1. The van der Waals surface area contributed by atoms with Crippen molar-refractivity contribution >= 4 is 5.82 Å². The summed E-state index contributed by atoms with van der Waals surface area (Å²) in [6.45, 7) is 0.927. The van der Waals surface area contributed by atoms with Crippen LogP contribution < -0.4 is 5.32 Å². The van der Waals surface area contributed by atoms with Crippen molar-refractivity contribution in [1.29, 1.82) is 0 Å². The van der Waals surface area contributed by atoms with Gasteiger partial charge in [-0.2, -0.15) is 4.39 Å². The lowest BCUT2D eigenvalue weighted by Gasteiger charge is -2.25. The molecule has 1 heterocycles. The van der Waals surface area contributed by atoms with Gasteiger partial charge in [-0.3, -0.25) is 0 Å². The van der Waals surface area contributed by atoms with Crippen molar-refractivity contribution < 1.29 is 4.39 Å². The fourth-order valence-corrected chi connectivity index (χ4v) is 1.45. The lowest BCUT2D eigenvalue weighted by atomic mass is 9.85. The molecule has 1 saturated carbocycles. The molecule has 0 radical (unpaired) electrons. The molecule has 0 unspecified atom stereocenters. The Morgan fingerprint density at radius 1 is 1.46 bits per heavy atom. The van der Waals surface area contributed by atoms with Crippen molar-refractivity contribution in [2.75, 3.05) is 11.9 Å². The number of hydrogen-bond acceptors (Lipinski definition) is 2. The molecule has 0 bridgehead atoms. The highest BCUT2D eigenvalue weighted by Crippen LogP contribution is 2.26. The minimum atomic E-state index is -0.418. The first-order valence-corrected chi connectivity index (χ1v) is 4.71. The molecule has 0 spiro atoms. The maximum absolute atomic E-state index is 12.6. The summed E-state index contributed by atoms with van der Waals surface area (Å²) < 4.78 is 12.6. The average Bonchev–Trinajstić information content (AvgIpc) is 2.01. The zero-order chi connectivity index (χ0) is 9.10. The Kier molecular flexibility index (Phi) is 2.43. The van der Waals surface area contributed by atoms with Crippen molar-refractivity contribution in [3.05, 3.63) is 24.1 Å².